The molecular formula is C10H7F3N2O. The highest BCUT2D eigenvalue weighted by Crippen LogP contribution is 2.27. The second-order valence-corrected chi connectivity index (χ2v) is 3.15. The maximum absolute atomic E-state index is 13.2. The lowest BCUT2D eigenvalue weighted by molar-refractivity contribution is 0.146. The van der Waals surface area contributed by atoms with Gasteiger partial charge in [-0.1, -0.05) is 11.2 Å². The Morgan fingerprint density at radius 1 is 1.25 bits per heavy atom. The average Bonchev–Trinajstić information content (AvgIpc) is 2.64. The summed E-state index contributed by atoms with van der Waals surface area (Å²) in [6.07, 6.45) is -2.84. The van der Waals surface area contributed by atoms with Gasteiger partial charge in [-0.15, -0.1) is 0 Å². The van der Waals surface area contributed by atoms with Gasteiger partial charge in [0.2, 0.25) is 0 Å². The lowest BCUT2D eigenvalue weighted by Crippen LogP contribution is -1.90. The quantitative estimate of drug-likeness (QED) is 0.859. The summed E-state index contributed by atoms with van der Waals surface area (Å²) in [6, 6.07) is 4.68. The first kappa shape index (κ1) is 10.5. The first-order chi connectivity index (χ1) is 7.58. The van der Waals surface area contributed by atoms with E-state index >= 15 is 0 Å². The summed E-state index contributed by atoms with van der Waals surface area (Å²) < 4.78 is 42.5. The van der Waals surface area contributed by atoms with Crippen LogP contribution in [0.3, 0.4) is 0 Å². The molecule has 0 saturated heterocycles. The van der Waals surface area contributed by atoms with E-state index in [-0.39, 0.29) is 11.6 Å². The molecular weight excluding hydrogens is 221 g/mol. The molecule has 0 saturated carbocycles. The van der Waals surface area contributed by atoms with E-state index in [0.29, 0.717) is 5.56 Å². The van der Waals surface area contributed by atoms with Crippen LogP contribution in [0.1, 0.15) is 12.0 Å². The molecule has 0 bridgehead atoms. The van der Waals surface area contributed by atoms with Gasteiger partial charge in [0.1, 0.15) is 5.82 Å². The molecule has 16 heavy (non-hydrogen) atoms. The third-order valence-corrected chi connectivity index (χ3v) is 2.05. The SMILES string of the molecule is Nc1cc(-c2ccc(C(F)F)c(F)c2)on1. The van der Waals surface area contributed by atoms with Crippen LogP contribution in [0.5, 0.6) is 0 Å². The summed E-state index contributed by atoms with van der Waals surface area (Å²) in [5.41, 5.74) is 4.98. The van der Waals surface area contributed by atoms with Gasteiger partial charge >= 0.3 is 0 Å². The number of anilines is 1. The molecule has 2 rings (SSSR count). The molecule has 84 valence electrons. The van der Waals surface area contributed by atoms with E-state index in [9.17, 15) is 13.2 Å². The van der Waals surface area contributed by atoms with Gasteiger partial charge in [-0.3, -0.25) is 0 Å². The molecule has 0 spiro atoms. The predicted octanol–water partition coefficient (Wildman–Crippen LogP) is 3.00. The Balaban J connectivity index is 2.42. The highest BCUT2D eigenvalue weighted by molar-refractivity contribution is 5.60. The third-order valence-electron chi connectivity index (χ3n) is 2.05. The summed E-state index contributed by atoms with van der Waals surface area (Å²) >= 11 is 0. The van der Waals surface area contributed by atoms with Crippen molar-refractivity contribution in [1.82, 2.24) is 5.16 Å². The van der Waals surface area contributed by atoms with Gasteiger partial charge in [-0.2, -0.15) is 0 Å². The number of halogens is 3. The number of nitrogens with zero attached hydrogens (tertiary/aromatic N) is 1. The number of alkyl halides is 2. The maximum atomic E-state index is 13.2. The fraction of sp³-hybridized carbons (Fsp3) is 0.100. The molecule has 1 aromatic heterocycles. The molecule has 0 aliphatic carbocycles. The van der Waals surface area contributed by atoms with Crippen molar-refractivity contribution in [2.75, 3.05) is 5.73 Å². The normalized spacial score (nSPS) is 11.0. The van der Waals surface area contributed by atoms with Crippen LogP contribution in [0, 0.1) is 5.82 Å². The number of hydrogen-bond donors (Lipinski definition) is 1. The molecule has 0 amide bonds. The molecule has 1 heterocycles. The van der Waals surface area contributed by atoms with E-state index in [0.717, 1.165) is 12.1 Å². The van der Waals surface area contributed by atoms with E-state index in [1.807, 2.05) is 0 Å². The van der Waals surface area contributed by atoms with Crippen LogP contribution in [-0.2, 0) is 0 Å². The largest absolute Gasteiger partial charge is 0.381 e. The molecule has 0 aliphatic rings. The van der Waals surface area contributed by atoms with Gasteiger partial charge < -0.3 is 10.3 Å². The molecule has 0 radical (unpaired) electrons. The topological polar surface area (TPSA) is 52.0 Å². The van der Waals surface area contributed by atoms with Crippen LogP contribution in [0.2, 0.25) is 0 Å². The number of benzene rings is 1. The molecule has 6 heteroatoms. The van der Waals surface area contributed by atoms with Gasteiger partial charge in [0.05, 0.1) is 5.56 Å². The van der Waals surface area contributed by atoms with Crippen LogP contribution in [0.15, 0.2) is 28.8 Å². The zero-order chi connectivity index (χ0) is 11.7. The minimum absolute atomic E-state index is 0.147. The first-order valence-electron chi connectivity index (χ1n) is 4.38. The van der Waals surface area contributed by atoms with Crippen molar-refractivity contribution in [2.45, 2.75) is 6.43 Å². The highest BCUT2D eigenvalue weighted by Gasteiger charge is 2.15. The molecule has 0 fully saturated rings. The van der Waals surface area contributed by atoms with Gasteiger partial charge in [-0.05, 0) is 12.1 Å². The zero-order valence-electron chi connectivity index (χ0n) is 7.95. The van der Waals surface area contributed by atoms with Crippen LogP contribution >= 0.6 is 0 Å². The second kappa shape index (κ2) is 3.88. The Hall–Kier alpha value is -1.98. The fourth-order valence-corrected chi connectivity index (χ4v) is 1.28. The zero-order valence-corrected chi connectivity index (χ0v) is 7.95. The van der Waals surface area contributed by atoms with Crippen LogP contribution in [0.25, 0.3) is 11.3 Å². The summed E-state index contributed by atoms with van der Waals surface area (Å²) in [5.74, 6) is -0.604. The minimum Gasteiger partial charge on any atom is -0.381 e. The van der Waals surface area contributed by atoms with E-state index in [1.165, 1.54) is 12.1 Å². The van der Waals surface area contributed by atoms with Crippen molar-refractivity contribution in [3.05, 3.63) is 35.6 Å². The predicted molar refractivity (Wildman–Crippen MR) is 51.3 cm³/mol. The Kier molecular flexibility index (Phi) is 2.55. The number of hydrogen-bond acceptors (Lipinski definition) is 3. The molecule has 0 aliphatic heterocycles. The molecule has 1 aromatic carbocycles. The van der Waals surface area contributed by atoms with Crippen molar-refractivity contribution in [3.63, 3.8) is 0 Å². The van der Waals surface area contributed by atoms with Crippen LogP contribution < -0.4 is 5.73 Å². The standard InChI is InChI=1S/C10H7F3N2O/c11-7-3-5(1-2-6(7)10(12)13)8-4-9(14)15-16-8/h1-4,10H,(H2,14,15). The van der Waals surface area contributed by atoms with Crippen molar-refractivity contribution in [2.24, 2.45) is 0 Å². The molecule has 3 nitrogen and oxygen atoms in total. The minimum atomic E-state index is -2.84. The fourth-order valence-electron chi connectivity index (χ4n) is 1.28. The highest BCUT2D eigenvalue weighted by atomic mass is 19.3. The van der Waals surface area contributed by atoms with Crippen molar-refractivity contribution in [3.8, 4) is 11.3 Å². The summed E-state index contributed by atoms with van der Waals surface area (Å²) in [7, 11) is 0. The van der Waals surface area contributed by atoms with E-state index in [2.05, 4.69) is 5.16 Å². The van der Waals surface area contributed by atoms with Gasteiger partial charge in [0.15, 0.2) is 11.6 Å². The number of nitrogens with two attached hydrogens (primary N) is 1. The average molecular weight is 228 g/mol. The third kappa shape index (κ3) is 1.86. The smallest absolute Gasteiger partial charge is 0.266 e. The molecule has 0 atom stereocenters. The van der Waals surface area contributed by atoms with E-state index in [1.54, 1.807) is 0 Å². The first-order valence-corrected chi connectivity index (χ1v) is 4.38. The van der Waals surface area contributed by atoms with Gasteiger partial charge in [0, 0.05) is 11.6 Å². The Morgan fingerprint density at radius 2 is 2.00 bits per heavy atom. The van der Waals surface area contributed by atoms with E-state index < -0.39 is 17.8 Å². The number of rotatable bonds is 2. The Morgan fingerprint density at radius 3 is 2.50 bits per heavy atom. The van der Waals surface area contributed by atoms with Crippen molar-refractivity contribution >= 4 is 5.82 Å². The lowest BCUT2D eigenvalue weighted by Gasteiger charge is -2.02. The number of aromatic nitrogens is 1. The van der Waals surface area contributed by atoms with Gasteiger partial charge in [0.25, 0.3) is 6.43 Å². The molecule has 0 unspecified atom stereocenters. The van der Waals surface area contributed by atoms with Crippen molar-refractivity contribution in [1.29, 1.82) is 0 Å². The van der Waals surface area contributed by atoms with Crippen LogP contribution in [-0.4, -0.2) is 5.16 Å². The monoisotopic (exact) mass is 228 g/mol. The van der Waals surface area contributed by atoms with Crippen molar-refractivity contribution < 1.29 is 17.7 Å². The van der Waals surface area contributed by atoms with E-state index in [4.69, 9.17) is 10.3 Å². The Bertz CT molecular complexity index is 511. The molecule has 2 aromatic rings. The second-order valence-electron chi connectivity index (χ2n) is 3.15. The van der Waals surface area contributed by atoms with Gasteiger partial charge in [-0.25, -0.2) is 13.2 Å². The summed E-state index contributed by atoms with van der Waals surface area (Å²) in [4.78, 5) is 0. The molecule has 2 N–H and O–H groups in total. The maximum Gasteiger partial charge on any atom is 0.266 e. The lowest BCUT2D eigenvalue weighted by atomic mass is 10.1. The summed E-state index contributed by atoms with van der Waals surface area (Å²) in [6.45, 7) is 0. The number of nitrogen functional groups attached to an aromatic ring is 1. The Labute approximate surface area is 88.7 Å². The van der Waals surface area contributed by atoms with Crippen LogP contribution in [0.4, 0.5) is 19.0 Å². The summed E-state index contributed by atoms with van der Waals surface area (Å²) in [5, 5.41) is 3.41.